The van der Waals surface area contributed by atoms with Gasteiger partial charge in [0.2, 0.25) is 0 Å². The second-order valence-electron chi connectivity index (χ2n) is 7.77. The summed E-state index contributed by atoms with van der Waals surface area (Å²) < 4.78 is 17.9. The molecule has 1 aliphatic rings. The van der Waals surface area contributed by atoms with E-state index in [-0.39, 0.29) is 23.4 Å². The van der Waals surface area contributed by atoms with E-state index in [2.05, 4.69) is 4.99 Å². The highest BCUT2D eigenvalue weighted by molar-refractivity contribution is 7.07. The molecular weight excluding hydrogens is 486 g/mol. The first kappa shape index (κ1) is 24.9. The van der Waals surface area contributed by atoms with Crippen LogP contribution in [0.5, 0.6) is 11.5 Å². The highest BCUT2D eigenvalue weighted by Crippen LogP contribution is 2.36. The lowest BCUT2D eigenvalue weighted by Crippen LogP contribution is -2.39. The van der Waals surface area contributed by atoms with Crippen LogP contribution in [0.4, 0.5) is 5.69 Å². The summed E-state index contributed by atoms with van der Waals surface area (Å²) in [5, 5.41) is 10.9. The first-order valence-corrected chi connectivity index (χ1v) is 11.8. The number of benzene rings is 2. The quantitative estimate of drug-likeness (QED) is 0.273. The van der Waals surface area contributed by atoms with Crippen molar-refractivity contribution in [1.29, 1.82) is 0 Å². The number of nitro benzene ring substituents is 1. The maximum absolute atomic E-state index is 13.6. The van der Waals surface area contributed by atoms with Crippen LogP contribution in [0.1, 0.15) is 31.0 Å². The molecule has 11 heteroatoms. The van der Waals surface area contributed by atoms with Crippen molar-refractivity contribution in [3.8, 4) is 11.5 Å². The van der Waals surface area contributed by atoms with Crippen molar-refractivity contribution in [2.75, 3.05) is 20.8 Å². The first-order valence-electron chi connectivity index (χ1n) is 10.9. The predicted octanol–water partition coefficient (Wildman–Crippen LogP) is 2.72. The maximum atomic E-state index is 13.6. The molecule has 4 rings (SSSR count). The molecule has 0 saturated carbocycles. The van der Waals surface area contributed by atoms with Gasteiger partial charge in [-0.15, -0.1) is 0 Å². The average Bonchev–Trinajstić information content (AvgIpc) is 3.17. The van der Waals surface area contributed by atoms with Gasteiger partial charge in [0, 0.05) is 12.1 Å². The number of carbonyl (C=O) groups excluding carboxylic acids is 1. The second kappa shape index (κ2) is 10.2. The Morgan fingerprint density at radius 1 is 1.17 bits per heavy atom. The van der Waals surface area contributed by atoms with Gasteiger partial charge in [-0.1, -0.05) is 17.4 Å². The van der Waals surface area contributed by atoms with E-state index < -0.39 is 16.9 Å². The molecule has 2 aromatic carbocycles. The zero-order valence-corrected chi connectivity index (χ0v) is 20.8. The predicted molar refractivity (Wildman–Crippen MR) is 133 cm³/mol. The number of hydrogen-bond acceptors (Lipinski definition) is 9. The van der Waals surface area contributed by atoms with Crippen LogP contribution >= 0.6 is 11.3 Å². The number of esters is 1. The van der Waals surface area contributed by atoms with Crippen LogP contribution in [0.2, 0.25) is 0 Å². The molecule has 2 heterocycles. The van der Waals surface area contributed by atoms with Crippen LogP contribution in [0.15, 0.2) is 63.5 Å². The van der Waals surface area contributed by atoms with Gasteiger partial charge < -0.3 is 14.2 Å². The van der Waals surface area contributed by atoms with E-state index in [4.69, 9.17) is 14.2 Å². The van der Waals surface area contributed by atoms with Gasteiger partial charge in [-0.2, -0.15) is 0 Å². The zero-order valence-electron chi connectivity index (χ0n) is 20.0. The topological polar surface area (TPSA) is 122 Å². The van der Waals surface area contributed by atoms with Gasteiger partial charge in [-0.25, -0.2) is 9.79 Å². The first-order chi connectivity index (χ1) is 17.3. The third-order valence-electron chi connectivity index (χ3n) is 5.64. The van der Waals surface area contributed by atoms with Crippen molar-refractivity contribution >= 4 is 29.1 Å². The molecule has 3 aromatic rings. The van der Waals surface area contributed by atoms with E-state index in [9.17, 15) is 19.7 Å². The van der Waals surface area contributed by atoms with Gasteiger partial charge in [0.15, 0.2) is 16.3 Å². The molecule has 1 unspecified atom stereocenters. The Hall–Kier alpha value is -4.25. The Bertz CT molecular complexity index is 1550. The van der Waals surface area contributed by atoms with Crippen LogP contribution in [0.25, 0.3) is 6.08 Å². The summed E-state index contributed by atoms with van der Waals surface area (Å²) in [7, 11) is 3.03. The summed E-state index contributed by atoms with van der Waals surface area (Å²) in [6.07, 6.45) is 1.64. The van der Waals surface area contributed by atoms with Crippen molar-refractivity contribution < 1.29 is 23.9 Å². The molecule has 0 bridgehead atoms. The number of nitrogens with zero attached hydrogens (tertiary/aromatic N) is 3. The van der Waals surface area contributed by atoms with Gasteiger partial charge in [0.05, 0.1) is 47.6 Å². The van der Waals surface area contributed by atoms with Crippen molar-refractivity contribution in [2.45, 2.75) is 19.9 Å². The Labute approximate surface area is 209 Å². The number of carbonyl (C=O) groups is 1. The highest BCUT2D eigenvalue weighted by atomic mass is 32.1. The van der Waals surface area contributed by atoms with E-state index in [0.29, 0.717) is 37.7 Å². The van der Waals surface area contributed by atoms with Crippen LogP contribution in [-0.4, -0.2) is 36.3 Å². The van der Waals surface area contributed by atoms with Crippen LogP contribution in [0.3, 0.4) is 0 Å². The normalized spacial score (nSPS) is 15.2. The summed E-state index contributed by atoms with van der Waals surface area (Å²) in [5.41, 5.74) is 1.53. The standard InChI is InChI=1S/C25H23N3O7S/c1-5-35-24(30)21-14(2)26-25-27(22(21)16-8-11-18(33-3)19(13-16)34-4)23(29)20(36-25)12-15-6-9-17(10-7-15)28(31)32/h6-13,22H,5H2,1-4H3. The number of thiazole rings is 1. The van der Waals surface area contributed by atoms with Crippen LogP contribution < -0.4 is 24.4 Å². The van der Waals surface area contributed by atoms with E-state index in [1.54, 1.807) is 50.3 Å². The fraction of sp³-hybridized carbons (Fsp3) is 0.240. The molecule has 0 aliphatic carbocycles. The summed E-state index contributed by atoms with van der Waals surface area (Å²) >= 11 is 1.17. The number of hydrogen-bond donors (Lipinski definition) is 0. The van der Waals surface area contributed by atoms with Crippen LogP contribution in [0, 0.1) is 10.1 Å². The van der Waals surface area contributed by atoms with Crippen molar-refractivity contribution in [3.05, 3.63) is 94.7 Å². The summed E-state index contributed by atoms with van der Waals surface area (Å²) in [4.78, 5) is 42.1. The molecule has 36 heavy (non-hydrogen) atoms. The van der Waals surface area contributed by atoms with Gasteiger partial charge in [0.25, 0.3) is 11.2 Å². The number of nitro groups is 1. The number of fused-ring (bicyclic) bond motifs is 1. The SMILES string of the molecule is CCOC(=O)C1=C(C)N=c2sc(=Cc3ccc([N+](=O)[O-])cc3)c(=O)n2C1c1ccc(OC)c(OC)c1. The molecule has 1 atom stereocenters. The molecule has 0 radical (unpaired) electrons. The monoisotopic (exact) mass is 509 g/mol. The van der Waals surface area contributed by atoms with E-state index in [1.807, 2.05) is 0 Å². The summed E-state index contributed by atoms with van der Waals surface area (Å²) in [5.74, 6) is 0.384. The minimum absolute atomic E-state index is 0.0447. The molecule has 0 N–H and O–H groups in total. The van der Waals surface area contributed by atoms with Gasteiger partial charge in [0.1, 0.15) is 0 Å². The molecule has 1 aliphatic heterocycles. The lowest BCUT2D eigenvalue weighted by molar-refractivity contribution is -0.384. The number of methoxy groups -OCH3 is 2. The third kappa shape index (κ3) is 4.52. The van der Waals surface area contributed by atoms with E-state index >= 15 is 0 Å². The summed E-state index contributed by atoms with van der Waals surface area (Å²) in [6.45, 7) is 3.57. The molecular formula is C25H23N3O7S. The van der Waals surface area contributed by atoms with Crippen molar-refractivity contribution in [2.24, 2.45) is 4.99 Å². The zero-order chi connectivity index (χ0) is 26.0. The molecule has 0 fully saturated rings. The highest BCUT2D eigenvalue weighted by Gasteiger charge is 2.33. The average molecular weight is 510 g/mol. The van der Waals surface area contributed by atoms with Gasteiger partial charge >= 0.3 is 5.97 Å². The van der Waals surface area contributed by atoms with E-state index in [1.165, 1.54) is 42.3 Å². The van der Waals surface area contributed by atoms with E-state index in [0.717, 1.165) is 0 Å². The number of ether oxygens (including phenoxy) is 3. The fourth-order valence-electron chi connectivity index (χ4n) is 3.97. The van der Waals surface area contributed by atoms with Gasteiger partial charge in [-0.05, 0) is 55.3 Å². The second-order valence-corrected chi connectivity index (χ2v) is 8.77. The van der Waals surface area contributed by atoms with Gasteiger partial charge in [-0.3, -0.25) is 19.5 Å². The lowest BCUT2D eigenvalue weighted by atomic mass is 9.95. The number of rotatable bonds is 7. The minimum atomic E-state index is -0.806. The molecule has 1 aromatic heterocycles. The Morgan fingerprint density at radius 3 is 2.47 bits per heavy atom. The maximum Gasteiger partial charge on any atom is 0.338 e. The molecule has 0 spiro atoms. The molecule has 186 valence electrons. The number of non-ortho nitro benzene ring substituents is 1. The lowest BCUT2D eigenvalue weighted by Gasteiger charge is -2.25. The molecule has 0 amide bonds. The van der Waals surface area contributed by atoms with Crippen LogP contribution in [-0.2, 0) is 9.53 Å². The third-order valence-corrected chi connectivity index (χ3v) is 6.62. The number of aromatic nitrogens is 1. The number of allylic oxidation sites excluding steroid dienone is 1. The van der Waals surface area contributed by atoms with Crippen molar-refractivity contribution in [3.63, 3.8) is 0 Å². The molecule has 0 saturated heterocycles. The summed E-state index contributed by atoms with van der Waals surface area (Å²) in [6, 6.07) is 10.3. The largest absolute Gasteiger partial charge is 0.493 e. The van der Waals surface area contributed by atoms with Crippen molar-refractivity contribution in [1.82, 2.24) is 4.57 Å². The fourth-order valence-corrected chi connectivity index (χ4v) is 5.02. The Morgan fingerprint density at radius 2 is 1.86 bits per heavy atom. The Balaban J connectivity index is 1.93. The Kier molecular flexibility index (Phi) is 7.02. The molecule has 10 nitrogen and oxygen atoms in total. The smallest absolute Gasteiger partial charge is 0.338 e. The minimum Gasteiger partial charge on any atom is -0.493 e.